The van der Waals surface area contributed by atoms with E-state index in [9.17, 15) is 21.6 Å². The maximum absolute atomic E-state index is 12.8. The molecule has 1 aromatic heterocycles. The average Bonchev–Trinajstić information content (AvgIpc) is 2.96. The van der Waals surface area contributed by atoms with Crippen LogP contribution in [0.1, 0.15) is 26.2 Å². The first-order valence-electron chi connectivity index (χ1n) is 6.05. The minimum Gasteiger partial charge on any atom is -0.381 e. The Morgan fingerprint density at radius 1 is 1.50 bits per heavy atom. The van der Waals surface area contributed by atoms with Gasteiger partial charge in [0.2, 0.25) is 10.0 Å². The van der Waals surface area contributed by atoms with Gasteiger partial charge in [-0.25, -0.2) is 8.42 Å². The third-order valence-corrected chi connectivity index (χ3v) is 4.67. The summed E-state index contributed by atoms with van der Waals surface area (Å²) in [5.41, 5.74) is 3.12. The van der Waals surface area contributed by atoms with E-state index in [1.165, 1.54) is 4.68 Å². The van der Waals surface area contributed by atoms with Gasteiger partial charge in [0, 0.05) is 12.7 Å². The van der Waals surface area contributed by atoms with E-state index in [0.29, 0.717) is 13.0 Å². The Morgan fingerprint density at radius 2 is 2.10 bits per heavy atom. The Balaban J connectivity index is 2.28. The summed E-state index contributed by atoms with van der Waals surface area (Å²) < 4.78 is 65.4. The minimum absolute atomic E-state index is 0.265. The van der Waals surface area contributed by atoms with E-state index < -0.39 is 26.6 Å². The average molecular weight is 312 g/mol. The molecule has 0 radical (unpaired) electrons. The number of halogens is 3. The van der Waals surface area contributed by atoms with Crippen LogP contribution in [0.3, 0.4) is 0 Å². The molecule has 1 aliphatic carbocycles. The van der Waals surface area contributed by atoms with Crippen molar-refractivity contribution < 1.29 is 21.6 Å². The molecule has 1 aliphatic rings. The topological polar surface area (TPSA) is 90.0 Å². The molecule has 10 heteroatoms. The number of alkyl halides is 3. The van der Waals surface area contributed by atoms with Gasteiger partial charge >= 0.3 is 6.18 Å². The van der Waals surface area contributed by atoms with Crippen molar-refractivity contribution in [3.05, 3.63) is 6.20 Å². The van der Waals surface area contributed by atoms with Gasteiger partial charge in [-0.05, 0) is 19.3 Å². The standard InChI is InChI=1S/C10H15F3N4O2S/c1-2-5-17-6-7(8(14)15-17)20(18,19)16-9(3-4-9)10(11,12)13/h6,16H,2-5H2,1H3,(H2,14,15). The normalized spacial score (nSPS) is 18.2. The zero-order chi connectivity index (χ0) is 15.2. The van der Waals surface area contributed by atoms with Crippen molar-refractivity contribution in [1.29, 1.82) is 0 Å². The van der Waals surface area contributed by atoms with Gasteiger partial charge in [0.15, 0.2) is 5.82 Å². The first-order chi connectivity index (χ1) is 9.11. The molecule has 2 rings (SSSR count). The van der Waals surface area contributed by atoms with Crippen LogP contribution in [-0.2, 0) is 16.6 Å². The predicted octanol–water partition coefficient (Wildman–Crippen LogP) is 1.25. The quantitative estimate of drug-likeness (QED) is 0.856. The highest BCUT2D eigenvalue weighted by Gasteiger charge is 2.65. The zero-order valence-corrected chi connectivity index (χ0v) is 11.6. The number of rotatable bonds is 5. The van der Waals surface area contributed by atoms with Crippen LogP contribution in [0.15, 0.2) is 11.1 Å². The molecule has 0 bridgehead atoms. The molecule has 6 nitrogen and oxygen atoms in total. The second-order valence-corrected chi connectivity index (χ2v) is 6.48. The van der Waals surface area contributed by atoms with Crippen LogP contribution in [0.25, 0.3) is 0 Å². The smallest absolute Gasteiger partial charge is 0.381 e. The number of hydrogen-bond acceptors (Lipinski definition) is 4. The molecule has 1 heterocycles. The van der Waals surface area contributed by atoms with E-state index >= 15 is 0 Å². The summed E-state index contributed by atoms with van der Waals surface area (Å²) in [6.45, 7) is 2.29. The van der Waals surface area contributed by atoms with Crippen molar-refractivity contribution in [3.63, 3.8) is 0 Å². The summed E-state index contributed by atoms with van der Waals surface area (Å²) in [6, 6.07) is 0. The lowest BCUT2D eigenvalue weighted by Crippen LogP contribution is -2.47. The molecular formula is C10H15F3N4O2S. The predicted molar refractivity (Wildman–Crippen MR) is 65.3 cm³/mol. The van der Waals surface area contributed by atoms with Crippen molar-refractivity contribution in [3.8, 4) is 0 Å². The third-order valence-electron chi connectivity index (χ3n) is 3.12. The Hall–Kier alpha value is -1.29. The monoisotopic (exact) mass is 312 g/mol. The van der Waals surface area contributed by atoms with E-state index in [1.54, 1.807) is 4.72 Å². The van der Waals surface area contributed by atoms with Gasteiger partial charge in [0.25, 0.3) is 0 Å². The van der Waals surface area contributed by atoms with Crippen molar-refractivity contribution in [1.82, 2.24) is 14.5 Å². The van der Waals surface area contributed by atoms with E-state index in [2.05, 4.69) is 5.10 Å². The summed E-state index contributed by atoms with van der Waals surface area (Å²) in [6.07, 6.45) is -3.31. The molecule has 0 spiro atoms. The lowest BCUT2D eigenvalue weighted by molar-refractivity contribution is -0.160. The third kappa shape index (κ3) is 2.62. The molecular weight excluding hydrogens is 297 g/mol. The molecule has 3 N–H and O–H groups in total. The van der Waals surface area contributed by atoms with Crippen LogP contribution < -0.4 is 10.5 Å². The SMILES string of the molecule is CCCn1cc(S(=O)(=O)NC2(C(F)(F)F)CC2)c(N)n1. The molecule has 114 valence electrons. The molecule has 0 atom stereocenters. The van der Waals surface area contributed by atoms with Gasteiger partial charge in [-0.15, -0.1) is 0 Å². The number of nitrogens with two attached hydrogens (primary N) is 1. The molecule has 1 saturated carbocycles. The highest BCUT2D eigenvalue weighted by atomic mass is 32.2. The second kappa shape index (κ2) is 4.62. The number of hydrogen-bond donors (Lipinski definition) is 2. The summed E-state index contributed by atoms with van der Waals surface area (Å²) >= 11 is 0. The fraction of sp³-hybridized carbons (Fsp3) is 0.700. The fourth-order valence-electron chi connectivity index (χ4n) is 1.85. The summed E-state index contributed by atoms with van der Waals surface area (Å²) in [5, 5.41) is 3.77. The first kappa shape index (κ1) is 15.1. The highest BCUT2D eigenvalue weighted by Crippen LogP contribution is 2.49. The van der Waals surface area contributed by atoms with Crippen LogP contribution in [0.5, 0.6) is 0 Å². The van der Waals surface area contributed by atoms with Crippen molar-refractivity contribution in [2.45, 2.75) is 49.3 Å². The zero-order valence-electron chi connectivity index (χ0n) is 10.7. The van der Waals surface area contributed by atoms with Gasteiger partial charge < -0.3 is 5.73 Å². The van der Waals surface area contributed by atoms with E-state index in [4.69, 9.17) is 5.73 Å². The molecule has 1 fully saturated rings. The lowest BCUT2D eigenvalue weighted by atomic mass is 10.3. The number of sulfonamides is 1. The second-order valence-electron chi connectivity index (χ2n) is 4.83. The molecule has 0 aliphatic heterocycles. The van der Waals surface area contributed by atoms with E-state index in [0.717, 1.165) is 6.20 Å². The number of aromatic nitrogens is 2. The largest absolute Gasteiger partial charge is 0.407 e. The van der Waals surface area contributed by atoms with Crippen LogP contribution in [-0.4, -0.2) is 29.9 Å². The van der Waals surface area contributed by atoms with Gasteiger partial charge in [-0.1, -0.05) is 6.92 Å². The Bertz CT molecular complexity index is 605. The van der Waals surface area contributed by atoms with E-state index in [-0.39, 0.29) is 18.7 Å². The van der Waals surface area contributed by atoms with Crippen LogP contribution in [0.2, 0.25) is 0 Å². The molecule has 20 heavy (non-hydrogen) atoms. The van der Waals surface area contributed by atoms with Gasteiger partial charge in [-0.2, -0.15) is 23.0 Å². The summed E-state index contributed by atoms with van der Waals surface area (Å²) in [7, 11) is -4.35. The number of nitrogens with one attached hydrogen (secondary N) is 1. The molecule has 0 unspecified atom stereocenters. The van der Waals surface area contributed by atoms with Crippen LogP contribution in [0.4, 0.5) is 19.0 Å². The fourth-order valence-corrected chi connectivity index (χ4v) is 3.37. The van der Waals surface area contributed by atoms with Crippen molar-refractivity contribution >= 4 is 15.8 Å². The van der Waals surface area contributed by atoms with Crippen LogP contribution >= 0.6 is 0 Å². The Labute approximate surface area is 114 Å². The molecule has 1 aromatic rings. The highest BCUT2D eigenvalue weighted by molar-refractivity contribution is 7.89. The number of anilines is 1. The Morgan fingerprint density at radius 3 is 2.55 bits per heavy atom. The Kier molecular flexibility index (Phi) is 3.49. The van der Waals surface area contributed by atoms with Gasteiger partial charge in [0.1, 0.15) is 10.4 Å². The molecule has 0 aromatic carbocycles. The van der Waals surface area contributed by atoms with Crippen molar-refractivity contribution in [2.24, 2.45) is 0 Å². The summed E-state index contributed by atoms with van der Waals surface area (Å²) in [4.78, 5) is -0.415. The number of nitrogens with zero attached hydrogens (tertiary/aromatic N) is 2. The lowest BCUT2D eigenvalue weighted by Gasteiger charge is -2.20. The maximum Gasteiger partial charge on any atom is 0.407 e. The minimum atomic E-state index is -4.62. The molecule has 0 saturated heterocycles. The summed E-state index contributed by atoms with van der Waals surface area (Å²) in [5.74, 6) is -0.302. The molecule has 0 amide bonds. The number of nitrogen functional groups attached to an aromatic ring is 1. The van der Waals surface area contributed by atoms with Gasteiger partial charge in [-0.3, -0.25) is 4.68 Å². The van der Waals surface area contributed by atoms with Crippen molar-refractivity contribution in [2.75, 3.05) is 5.73 Å². The number of aryl methyl sites for hydroxylation is 1. The van der Waals surface area contributed by atoms with Gasteiger partial charge in [0.05, 0.1) is 0 Å². The first-order valence-corrected chi connectivity index (χ1v) is 7.53. The van der Waals surface area contributed by atoms with E-state index in [1.807, 2.05) is 6.92 Å². The van der Waals surface area contributed by atoms with Crippen LogP contribution in [0, 0.1) is 0 Å². The maximum atomic E-state index is 12.8.